The minimum absolute atomic E-state index is 0.400. The predicted octanol–water partition coefficient (Wildman–Crippen LogP) is 4.76. The number of aromatic hydroxyl groups is 1. The van der Waals surface area contributed by atoms with Gasteiger partial charge in [-0.05, 0) is 46.6 Å². The predicted molar refractivity (Wildman–Crippen MR) is 70.4 cm³/mol. The molecule has 1 aromatic carbocycles. The van der Waals surface area contributed by atoms with E-state index in [0.717, 1.165) is 0 Å². The fraction of sp³-hybridized carbons (Fsp3) is 0.600. The van der Waals surface area contributed by atoms with Gasteiger partial charge in [-0.25, -0.2) is 0 Å². The normalized spacial score (nSPS) is 11.8. The lowest BCUT2D eigenvalue weighted by molar-refractivity contribution is 0.472. The lowest BCUT2D eigenvalue weighted by Gasteiger charge is -2.22. The Hall–Kier alpha value is -0.980. The second-order valence-electron chi connectivity index (χ2n) is 5.50. The second kappa shape index (κ2) is 4.90. The molecule has 0 amide bonds. The molecule has 0 radical (unpaired) electrons. The Morgan fingerprint density at radius 3 is 1.38 bits per heavy atom. The van der Waals surface area contributed by atoms with Gasteiger partial charge in [0.2, 0.25) is 0 Å². The number of rotatable bonds is 3. The summed E-state index contributed by atoms with van der Waals surface area (Å²) in [6, 6.07) is 3.84. The quantitative estimate of drug-likeness (QED) is 0.778. The summed E-state index contributed by atoms with van der Waals surface area (Å²) >= 11 is 0. The van der Waals surface area contributed by atoms with E-state index in [0.29, 0.717) is 23.5 Å². The van der Waals surface area contributed by atoms with Crippen LogP contribution in [-0.2, 0) is 0 Å². The zero-order chi connectivity index (χ0) is 12.5. The van der Waals surface area contributed by atoms with E-state index >= 15 is 0 Å². The average molecular weight is 220 g/mol. The van der Waals surface area contributed by atoms with Crippen LogP contribution in [0.3, 0.4) is 0 Å². The first-order valence-corrected chi connectivity index (χ1v) is 6.21. The summed E-state index contributed by atoms with van der Waals surface area (Å²) in [7, 11) is 0. The first-order chi connectivity index (χ1) is 7.34. The lowest BCUT2D eigenvalue weighted by atomic mass is 9.83. The van der Waals surface area contributed by atoms with Gasteiger partial charge in [-0.3, -0.25) is 0 Å². The Balaban J connectivity index is 3.48. The molecule has 0 bridgehead atoms. The van der Waals surface area contributed by atoms with Crippen molar-refractivity contribution in [2.45, 2.75) is 59.3 Å². The molecule has 1 rings (SSSR count). The Kier molecular flexibility index (Phi) is 4.01. The highest BCUT2D eigenvalue weighted by Crippen LogP contribution is 2.36. The molecule has 1 N–H and O–H groups in total. The van der Waals surface area contributed by atoms with Crippen LogP contribution in [0.4, 0.5) is 0 Å². The first-order valence-electron chi connectivity index (χ1n) is 6.21. The molecular formula is C15H24O. The fourth-order valence-corrected chi connectivity index (χ4v) is 2.30. The first kappa shape index (κ1) is 13.1. The zero-order valence-corrected chi connectivity index (χ0v) is 11.3. The van der Waals surface area contributed by atoms with Gasteiger partial charge in [0.05, 0.1) is 0 Å². The van der Waals surface area contributed by atoms with E-state index in [4.69, 9.17) is 0 Å². The van der Waals surface area contributed by atoms with Gasteiger partial charge in [-0.15, -0.1) is 0 Å². The highest BCUT2D eigenvalue weighted by atomic mass is 16.3. The maximum atomic E-state index is 9.80. The van der Waals surface area contributed by atoms with Crippen LogP contribution in [0, 0.1) is 0 Å². The van der Waals surface area contributed by atoms with Crippen LogP contribution in [0.15, 0.2) is 12.1 Å². The maximum Gasteiger partial charge on any atom is 0.116 e. The van der Waals surface area contributed by atoms with Gasteiger partial charge >= 0.3 is 0 Å². The number of phenolic OH excluding ortho intramolecular Hbond substituents is 1. The number of benzene rings is 1. The minimum Gasteiger partial charge on any atom is -0.508 e. The summed E-state index contributed by atoms with van der Waals surface area (Å²) < 4.78 is 0. The van der Waals surface area contributed by atoms with Crippen LogP contribution >= 0.6 is 0 Å². The van der Waals surface area contributed by atoms with E-state index in [9.17, 15) is 5.11 Å². The second-order valence-corrected chi connectivity index (χ2v) is 5.50. The summed E-state index contributed by atoms with van der Waals surface area (Å²) in [6.45, 7) is 13.2. The summed E-state index contributed by atoms with van der Waals surface area (Å²) in [5.74, 6) is 1.83. The summed E-state index contributed by atoms with van der Waals surface area (Å²) in [4.78, 5) is 0. The van der Waals surface area contributed by atoms with Gasteiger partial charge in [0.1, 0.15) is 5.75 Å². The van der Waals surface area contributed by atoms with Gasteiger partial charge in [-0.2, -0.15) is 0 Å². The van der Waals surface area contributed by atoms with E-state index < -0.39 is 0 Å². The molecule has 0 aliphatic rings. The Morgan fingerprint density at radius 1 is 0.750 bits per heavy atom. The molecule has 0 aromatic heterocycles. The molecule has 16 heavy (non-hydrogen) atoms. The molecule has 0 unspecified atom stereocenters. The number of phenols is 1. The molecule has 1 aromatic rings. The van der Waals surface area contributed by atoms with Crippen molar-refractivity contribution < 1.29 is 5.11 Å². The molecule has 0 spiro atoms. The highest BCUT2D eigenvalue weighted by Gasteiger charge is 2.17. The van der Waals surface area contributed by atoms with Crippen molar-refractivity contribution in [3.8, 4) is 5.75 Å². The van der Waals surface area contributed by atoms with Crippen LogP contribution in [0.1, 0.15) is 76.0 Å². The van der Waals surface area contributed by atoms with Gasteiger partial charge < -0.3 is 5.11 Å². The Labute approximate surface area is 99.5 Å². The summed E-state index contributed by atoms with van der Waals surface area (Å²) in [5, 5.41) is 9.80. The largest absolute Gasteiger partial charge is 0.508 e. The van der Waals surface area contributed by atoms with Crippen molar-refractivity contribution in [1.29, 1.82) is 0 Å². The van der Waals surface area contributed by atoms with Crippen molar-refractivity contribution in [2.75, 3.05) is 0 Å². The monoisotopic (exact) mass is 220 g/mol. The van der Waals surface area contributed by atoms with E-state index in [1.807, 2.05) is 12.1 Å². The third-order valence-corrected chi connectivity index (χ3v) is 3.05. The number of hydrogen-bond acceptors (Lipinski definition) is 1. The molecule has 0 heterocycles. The molecule has 0 aliphatic carbocycles. The Morgan fingerprint density at radius 2 is 1.12 bits per heavy atom. The third-order valence-electron chi connectivity index (χ3n) is 3.05. The molecule has 0 saturated heterocycles. The molecule has 1 nitrogen and oxygen atoms in total. The van der Waals surface area contributed by atoms with Crippen molar-refractivity contribution in [3.05, 3.63) is 28.8 Å². The van der Waals surface area contributed by atoms with E-state index in [1.54, 1.807) is 0 Å². The maximum absolute atomic E-state index is 9.80. The van der Waals surface area contributed by atoms with Crippen LogP contribution in [0.25, 0.3) is 0 Å². The molecule has 0 aliphatic heterocycles. The average Bonchev–Trinajstić information content (AvgIpc) is 2.15. The van der Waals surface area contributed by atoms with E-state index in [-0.39, 0.29) is 0 Å². The summed E-state index contributed by atoms with van der Waals surface area (Å²) in [6.07, 6.45) is 0. The summed E-state index contributed by atoms with van der Waals surface area (Å²) in [5.41, 5.74) is 4.00. The third kappa shape index (κ3) is 2.58. The van der Waals surface area contributed by atoms with Crippen LogP contribution < -0.4 is 0 Å². The van der Waals surface area contributed by atoms with Gasteiger partial charge in [0.25, 0.3) is 0 Å². The van der Waals surface area contributed by atoms with Crippen molar-refractivity contribution in [2.24, 2.45) is 0 Å². The molecule has 0 saturated carbocycles. The van der Waals surface area contributed by atoms with Gasteiger partial charge in [-0.1, -0.05) is 41.5 Å². The molecular weight excluding hydrogens is 196 g/mol. The van der Waals surface area contributed by atoms with Gasteiger partial charge in [0, 0.05) is 0 Å². The van der Waals surface area contributed by atoms with Crippen LogP contribution in [0.5, 0.6) is 5.75 Å². The standard InChI is InChI=1S/C15H24O/c1-9(2)13-7-12(16)8-14(10(3)4)15(13)11(5)6/h7-11,16H,1-6H3. The van der Waals surface area contributed by atoms with Gasteiger partial charge in [0.15, 0.2) is 0 Å². The highest BCUT2D eigenvalue weighted by molar-refractivity contribution is 5.46. The van der Waals surface area contributed by atoms with Crippen LogP contribution in [0.2, 0.25) is 0 Å². The molecule has 1 heteroatoms. The SMILES string of the molecule is CC(C)c1cc(O)cc(C(C)C)c1C(C)C. The van der Waals surface area contributed by atoms with E-state index in [2.05, 4.69) is 41.5 Å². The van der Waals surface area contributed by atoms with E-state index in [1.165, 1.54) is 16.7 Å². The molecule has 0 atom stereocenters. The minimum atomic E-state index is 0.400. The number of hydrogen-bond donors (Lipinski definition) is 1. The smallest absolute Gasteiger partial charge is 0.116 e. The fourth-order valence-electron chi connectivity index (χ4n) is 2.30. The van der Waals surface area contributed by atoms with Crippen molar-refractivity contribution in [3.63, 3.8) is 0 Å². The van der Waals surface area contributed by atoms with Crippen molar-refractivity contribution in [1.82, 2.24) is 0 Å². The lowest BCUT2D eigenvalue weighted by Crippen LogP contribution is -2.05. The zero-order valence-electron chi connectivity index (χ0n) is 11.3. The molecule has 90 valence electrons. The van der Waals surface area contributed by atoms with Crippen LogP contribution in [-0.4, -0.2) is 5.11 Å². The molecule has 0 fully saturated rings. The van der Waals surface area contributed by atoms with Crippen molar-refractivity contribution >= 4 is 0 Å². The topological polar surface area (TPSA) is 20.2 Å². The Bertz CT molecular complexity index is 333.